The lowest BCUT2D eigenvalue weighted by Gasteiger charge is -1.99. The summed E-state index contributed by atoms with van der Waals surface area (Å²) in [5.41, 5.74) is 1.14. The lowest BCUT2D eigenvalue weighted by atomic mass is 10.2. The molecule has 1 N–H and O–H groups in total. The van der Waals surface area contributed by atoms with Crippen molar-refractivity contribution in [3.05, 3.63) is 53.4 Å². The number of ether oxygens (including phenoxy) is 1. The van der Waals surface area contributed by atoms with Gasteiger partial charge in [-0.25, -0.2) is 4.79 Å². The molecule has 0 saturated heterocycles. The topological polar surface area (TPSA) is 55.4 Å². The van der Waals surface area contributed by atoms with Gasteiger partial charge in [0.05, 0.1) is 0 Å². The van der Waals surface area contributed by atoms with Crippen LogP contribution in [0.15, 0.2) is 48.5 Å². The molecule has 0 aliphatic carbocycles. The first-order valence-electron chi connectivity index (χ1n) is 6.39. The van der Waals surface area contributed by atoms with Crippen LogP contribution in [0.25, 0.3) is 16.5 Å². The molecular weight excluding hydrogens is 286 g/mol. The maximum atomic E-state index is 11.4. The molecule has 0 fully saturated rings. The molecule has 0 aliphatic heterocycles. The predicted octanol–water partition coefficient (Wildman–Crippen LogP) is 2.72. The number of esters is 1. The normalized spacial score (nSPS) is 10.5. The van der Waals surface area contributed by atoms with Crippen molar-refractivity contribution in [3.63, 3.8) is 0 Å². The van der Waals surface area contributed by atoms with Crippen molar-refractivity contribution in [2.75, 3.05) is 13.7 Å². The fraction of sp³-hybridized carbons (Fsp3) is 0.125. The van der Waals surface area contributed by atoms with Gasteiger partial charge in [0, 0.05) is 22.9 Å². The molecule has 1 aromatic heterocycles. The molecule has 4 nitrogen and oxygen atoms in total. The minimum Gasteiger partial charge on any atom is -0.452 e. The standard InChI is InChI=1S/C16H15NO3S/c1-17-15(18)11-20-16(19)10-8-13-7-9-14(21-13)12-5-3-2-4-6-12/h2-10H,11H2,1H3,(H,17,18)/b10-8+. The van der Waals surface area contributed by atoms with Crippen LogP contribution in [0, 0.1) is 0 Å². The van der Waals surface area contributed by atoms with E-state index in [1.165, 1.54) is 13.1 Å². The number of likely N-dealkylation sites (N-methyl/N-ethyl adjacent to an activating group) is 1. The largest absolute Gasteiger partial charge is 0.452 e. The number of benzene rings is 1. The summed E-state index contributed by atoms with van der Waals surface area (Å²) >= 11 is 1.58. The van der Waals surface area contributed by atoms with Crippen LogP contribution in [0.2, 0.25) is 0 Å². The summed E-state index contributed by atoms with van der Waals surface area (Å²) in [7, 11) is 1.49. The van der Waals surface area contributed by atoms with E-state index in [2.05, 4.69) is 5.32 Å². The Kier molecular flexibility index (Phi) is 5.29. The third-order valence-electron chi connectivity index (χ3n) is 2.69. The van der Waals surface area contributed by atoms with Crippen molar-refractivity contribution in [3.8, 4) is 10.4 Å². The van der Waals surface area contributed by atoms with Crippen LogP contribution < -0.4 is 5.32 Å². The van der Waals surface area contributed by atoms with E-state index >= 15 is 0 Å². The first-order valence-corrected chi connectivity index (χ1v) is 7.21. The predicted molar refractivity (Wildman–Crippen MR) is 83.8 cm³/mol. The Morgan fingerprint density at radius 1 is 1.19 bits per heavy atom. The molecule has 0 bridgehead atoms. The minimum absolute atomic E-state index is 0.265. The molecule has 2 rings (SSSR count). The monoisotopic (exact) mass is 301 g/mol. The molecular formula is C16H15NO3S. The van der Waals surface area contributed by atoms with E-state index in [0.29, 0.717) is 0 Å². The van der Waals surface area contributed by atoms with E-state index in [1.807, 2.05) is 42.5 Å². The van der Waals surface area contributed by atoms with Crippen LogP contribution in [-0.4, -0.2) is 25.5 Å². The molecule has 5 heteroatoms. The quantitative estimate of drug-likeness (QED) is 0.682. The third-order valence-corrected chi connectivity index (χ3v) is 3.79. The van der Waals surface area contributed by atoms with Gasteiger partial charge in [-0.2, -0.15) is 0 Å². The average Bonchev–Trinajstić information content (AvgIpc) is 3.00. The van der Waals surface area contributed by atoms with Gasteiger partial charge in [-0.05, 0) is 23.8 Å². The van der Waals surface area contributed by atoms with Gasteiger partial charge in [-0.3, -0.25) is 4.79 Å². The van der Waals surface area contributed by atoms with E-state index in [9.17, 15) is 9.59 Å². The fourth-order valence-electron chi connectivity index (χ4n) is 1.61. The minimum atomic E-state index is -0.534. The van der Waals surface area contributed by atoms with Gasteiger partial charge < -0.3 is 10.1 Å². The highest BCUT2D eigenvalue weighted by atomic mass is 32.1. The number of hydrogen-bond acceptors (Lipinski definition) is 4. The van der Waals surface area contributed by atoms with Crippen molar-refractivity contribution in [2.45, 2.75) is 0 Å². The lowest BCUT2D eigenvalue weighted by Crippen LogP contribution is -2.24. The van der Waals surface area contributed by atoms with Crippen LogP contribution in [-0.2, 0) is 14.3 Å². The number of carbonyl (C=O) groups excluding carboxylic acids is 2. The molecule has 0 radical (unpaired) electrons. The molecule has 0 atom stereocenters. The summed E-state index contributed by atoms with van der Waals surface area (Å²) in [5, 5.41) is 2.38. The Hall–Kier alpha value is -2.40. The summed E-state index contributed by atoms with van der Waals surface area (Å²) < 4.78 is 4.77. The molecule has 1 aromatic carbocycles. The molecule has 0 aliphatic rings. The highest BCUT2D eigenvalue weighted by molar-refractivity contribution is 7.16. The molecule has 21 heavy (non-hydrogen) atoms. The first kappa shape index (κ1) is 15.0. The third kappa shape index (κ3) is 4.57. The van der Waals surface area contributed by atoms with Crippen LogP contribution >= 0.6 is 11.3 Å². The summed E-state index contributed by atoms with van der Waals surface area (Å²) in [6.07, 6.45) is 3.01. The number of carbonyl (C=O) groups is 2. The van der Waals surface area contributed by atoms with Gasteiger partial charge in [0.15, 0.2) is 6.61 Å². The molecule has 2 aromatic rings. The van der Waals surface area contributed by atoms with Gasteiger partial charge in [0.25, 0.3) is 5.91 Å². The van der Waals surface area contributed by atoms with Crippen molar-refractivity contribution >= 4 is 29.3 Å². The van der Waals surface area contributed by atoms with E-state index in [1.54, 1.807) is 17.4 Å². The Balaban J connectivity index is 1.95. The number of hydrogen-bond donors (Lipinski definition) is 1. The van der Waals surface area contributed by atoms with E-state index in [4.69, 9.17) is 4.74 Å². The van der Waals surface area contributed by atoms with E-state index < -0.39 is 5.97 Å². The van der Waals surface area contributed by atoms with E-state index in [-0.39, 0.29) is 12.5 Å². The molecule has 108 valence electrons. The zero-order chi connectivity index (χ0) is 15.1. The number of amides is 1. The second-order valence-electron chi connectivity index (χ2n) is 4.18. The maximum Gasteiger partial charge on any atom is 0.331 e. The summed E-state index contributed by atoms with van der Waals surface area (Å²) in [6, 6.07) is 14.0. The van der Waals surface area contributed by atoms with Crippen molar-refractivity contribution in [1.82, 2.24) is 5.32 Å². The Morgan fingerprint density at radius 2 is 1.95 bits per heavy atom. The van der Waals surface area contributed by atoms with Gasteiger partial charge in [0.2, 0.25) is 0 Å². The molecule has 1 amide bonds. The molecule has 0 spiro atoms. The maximum absolute atomic E-state index is 11.4. The van der Waals surface area contributed by atoms with Gasteiger partial charge in [-0.1, -0.05) is 30.3 Å². The average molecular weight is 301 g/mol. The van der Waals surface area contributed by atoms with Gasteiger partial charge in [0.1, 0.15) is 0 Å². The zero-order valence-electron chi connectivity index (χ0n) is 11.5. The number of rotatable bonds is 5. The van der Waals surface area contributed by atoms with Crippen LogP contribution in [0.1, 0.15) is 4.88 Å². The van der Waals surface area contributed by atoms with E-state index in [0.717, 1.165) is 15.3 Å². The van der Waals surface area contributed by atoms with Gasteiger partial charge >= 0.3 is 5.97 Å². The smallest absolute Gasteiger partial charge is 0.331 e. The summed E-state index contributed by atoms with van der Waals surface area (Å²) in [6.45, 7) is -0.265. The highest BCUT2D eigenvalue weighted by Gasteiger charge is 2.03. The number of nitrogens with one attached hydrogen (secondary N) is 1. The Morgan fingerprint density at radius 3 is 2.67 bits per heavy atom. The molecule has 0 saturated carbocycles. The summed E-state index contributed by atoms with van der Waals surface area (Å²) in [4.78, 5) is 24.5. The Labute approximate surface area is 127 Å². The fourth-order valence-corrected chi connectivity index (χ4v) is 2.52. The Bertz CT molecular complexity index is 647. The second-order valence-corrected chi connectivity index (χ2v) is 5.30. The summed E-state index contributed by atoms with van der Waals surface area (Å²) in [5.74, 6) is -0.868. The van der Waals surface area contributed by atoms with Crippen LogP contribution in [0.5, 0.6) is 0 Å². The highest BCUT2D eigenvalue weighted by Crippen LogP contribution is 2.28. The van der Waals surface area contributed by atoms with Crippen molar-refractivity contribution < 1.29 is 14.3 Å². The lowest BCUT2D eigenvalue weighted by molar-refractivity contribution is -0.143. The van der Waals surface area contributed by atoms with Crippen molar-refractivity contribution in [1.29, 1.82) is 0 Å². The molecule has 1 heterocycles. The SMILES string of the molecule is CNC(=O)COC(=O)/C=C/c1ccc(-c2ccccc2)s1. The second kappa shape index (κ2) is 7.40. The first-order chi connectivity index (χ1) is 10.2. The van der Waals surface area contributed by atoms with Crippen molar-refractivity contribution in [2.24, 2.45) is 0 Å². The zero-order valence-corrected chi connectivity index (χ0v) is 12.4. The molecule has 0 unspecified atom stereocenters. The van der Waals surface area contributed by atoms with Crippen LogP contribution in [0.3, 0.4) is 0 Å². The number of thiophene rings is 1. The van der Waals surface area contributed by atoms with Gasteiger partial charge in [-0.15, -0.1) is 11.3 Å². The van der Waals surface area contributed by atoms with Crippen LogP contribution in [0.4, 0.5) is 0 Å².